The van der Waals surface area contributed by atoms with Gasteiger partial charge in [-0.25, -0.2) is 9.64 Å². The van der Waals surface area contributed by atoms with Crippen LogP contribution in [0.2, 0.25) is 0 Å². The summed E-state index contributed by atoms with van der Waals surface area (Å²) in [6.45, 7) is 9.84. The van der Waals surface area contributed by atoms with Gasteiger partial charge in [0.05, 0.1) is 44.2 Å². The van der Waals surface area contributed by atoms with Crippen molar-refractivity contribution in [3.8, 4) is 11.3 Å². The van der Waals surface area contributed by atoms with Crippen molar-refractivity contribution in [1.29, 1.82) is 0 Å². The Hall–Kier alpha value is -2.21. The lowest BCUT2D eigenvalue weighted by Gasteiger charge is -2.29. The van der Waals surface area contributed by atoms with E-state index in [1.165, 1.54) is 0 Å². The lowest BCUT2D eigenvalue weighted by atomic mass is 10.1. The van der Waals surface area contributed by atoms with Gasteiger partial charge in [0.1, 0.15) is 0 Å². The second-order valence-corrected chi connectivity index (χ2v) is 7.11. The molecular formula is C19H20BrN3O4. The van der Waals surface area contributed by atoms with Crippen molar-refractivity contribution in [2.24, 2.45) is 0 Å². The molecular weight excluding hydrogens is 414 g/mol. The van der Waals surface area contributed by atoms with E-state index in [0.717, 1.165) is 10.0 Å². The van der Waals surface area contributed by atoms with Crippen LogP contribution in [-0.4, -0.2) is 46.8 Å². The molecule has 0 spiro atoms. The molecule has 1 aliphatic heterocycles. The van der Waals surface area contributed by atoms with Crippen molar-refractivity contribution < 1.29 is 19.4 Å². The number of ether oxygens (including phenoxy) is 2. The maximum absolute atomic E-state index is 12.6. The smallest absolute Gasteiger partial charge is 0.345 e. The highest BCUT2D eigenvalue weighted by Crippen LogP contribution is 2.37. The maximum Gasteiger partial charge on any atom is 0.345 e. The average molecular weight is 434 g/mol. The molecule has 2 atom stereocenters. The van der Waals surface area contributed by atoms with Gasteiger partial charge in [-0.15, -0.1) is 0 Å². The second-order valence-electron chi connectivity index (χ2n) is 6.20. The molecule has 0 amide bonds. The number of hydrogen-bond acceptors (Lipinski definition) is 5. The van der Waals surface area contributed by atoms with Gasteiger partial charge in [0.15, 0.2) is 5.69 Å². The van der Waals surface area contributed by atoms with Crippen LogP contribution in [-0.2, 0) is 9.47 Å². The van der Waals surface area contributed by atoms with E-state index in [2.05, 4.69) is 25.9 Å². The van der Waals surface area contributed by atoms with Gasteiger partial charge >= 0.3 is 5.97 Å². The van der Waals surface area contributed by atoms with Crippen molar-refractivity contribution >= 4 is 27.6 Å². The minimum Gasteiger partial charge on any atom is -0.462 e. The fraction of sp³-hybridized carbons (Fsp3) is 0.421. The zero-order chi connectivity index (χ0) is 19.4. The van der Waals surface area contributed by atoms with Crippen LogP contribution in [0.4, 0.5) is 5.69 Å². The third-order valence-corrected chi connectivity index (χ3v) is 5.01. The van der Waals surface area contributed by atoms with Gasteiger partial charge in [-0.2, -0.15) is 5.10 Å². The van der Waals surface area contributed by atoms with Crippen LogP contribution in [0.1, 0.15) is 36.3 Å². The first-order valence-corrected chi connectivity index (χ1v) is 9.53. The molecule has 0 bridgehead atoms. The minimum absolute atomic E-state index is 0.0337. The van der Waals surface area contributed by atoms with Gasteiger partial charge in [0.2, 0.25) is 5.69 Å². The number of aromatic nitrogens is 2. The van der Waals surface area contributed by atoms with E-state index in [9.17, 15) is 9.90 Å². The molecule has 2 heterocycles. The zero-order valence-electron chi connectivity index (χ0n) is 14.9. The summed E-state index contributed by atoms with van der Waals surface area (Å²) in [6, 6.07) is 7.22. The van der Waals surface area contributed by atoms with Crippen LogP contribution in [0.15, 0.2) is 28.7 Å². The number of esters is 1. The van der Waals surface area contributed by atoms with Crippen LogP contribution < -0.4 is 0 Å². The number of carbonyl (C=O) groups excluding carboxylic acids is 1. The van der Waals surface area contributed by atoms with Crippen molar-refractivity contribution in [2.45, 2.75) is 31.9 Å². The number of nitrogens with zero attached hydrogens (tertiary/aromatic N) is 3. The first-order chi connectivity index (χ1) is 13.1. The molecule has 0 aliphatic carbocycles. The third-order valence-electron chi connectivity index (χ3n) is 4.48. The van der Waals surface area contributed by atoms with E-state index < -0.39 is 5.97 Å². The topological polar surface area (TPSA) is 77.9 Å². The van der Waals surface area contributed by atoms with Crippen molar-refractivity contribution in [3.05, 3.63) is 45.8 Å². The molecule has 1 aromatic heterocycles. The maximum atomic E-state index is 12.6. The molecule has 8 heteroatoms. The number of hydrogen-bond donors (Lipinski definition) is 1. The van der Waals surface area contributed by atoms with Gasteiger partial charge in [-0.1, -0.05) is 28.1 Å². The first-order valence-electron chi connectivity index (χ1n) is 8.74. The second kappa shape index (κ2) is 8.65. The fourth-order valence-electron chi connectivity index (χ4n) is 3.12. The fourth-order valence-corrected chi connectivity index (χ4v) is 3.38. The summed E-state index contributed by atoms with van der Waals surface area (Å²) in [4.78, 5) is 16.2. The third kappa shape index (κ3) is 4.05. The van der Waals surface area contributed by atoms with Crippen LogP contribution in [0.25, 0.3) is 16.1 Å². The molecule has 7 nitrogen and oxygen atoms in total. The molecule has 1 N–H and O–H groups in total. The Morgan fingerprint density at radius 2 is 2.19 bits per heavy atom. The molecule has 1 saturated heterocycles. The van der Waals surface area contributed by atoms with Gasteiger partial charge in [-0.3, -0.25) is 4.68 Å². The number of aliphatic hydroxyl groups is 1. The first kappa shape index (κ1) is 19.5. The number of rotatable bonds is 5. The van der Waals surface area contributed by atoms with Gasteiger partial charge < -0.3 is 14.6 Å². The van der Waals surface area contributed by atoms with Crippen LogP contribution >= 0.6 is 15.9 Å². The average Bonchev–Trinajstić information content (AvgIpc) is 3.08. The lowest BCUT2D eigenvalue weighted by molar-refractivity contribution is -0.0416. The summed E-state index contributed by atoms with van der Waals surface area (Å²) in [6.07, 6.45) is 1.15. The van der Waals surface area contributed by atoms with Crippen LogP contribution in [0.3, 0.4) is 0 Å². The van der Waals surface area contributed by atoms with Crippen LogP contribution in [0, 0.1) is 6.57 Å². The molecule has 2 unspecified atom stereocenters. The Balaban J connectivity index is 2.07. The van der Waals surface area contributed by atoms with Crippen molar-refractivity contribution in [2.75, 3.05) is 19.8 Å². The predicted octanol–water partition coefficient (Wildman–Crippen LogP) is 3.75. The van der Waals surface area contributed by atoms with E-state index in [-0.39, 0.29) is 36.7 Å². The Bertz CT molecular complexity index is 849. The van der Waals surface area contributed by atoms with Crippen molar-refractivity contribution in [1.82, 2.24) is 9.78 Å². The number of benzene rings is 1. The largest absolute Gasteiger partial charge is 0.462 e. The lowest BCUT2D eigenvalue weighted by Crippen LogP contribution is -2.32. The standard InChI is InChI=1S/C19H20BrN3O4/c1-3-26-19(25)18-17(21-2)16(12-4-6-13(20)7-5-12)22-23(18)14-8-9-15(10-24)27-11-14/h4-7,14-15,24H,3,8-11H2,1H3. The summed E-state index contributed by atoms with van der Waals surface area (Å²) in [5, 5.41) is 13.9. The van der Waals surface area contributed by atoms with E-state index in [0.29, 0.717) is 25.1 Å². The van der Waals surface area contributed by atoms with E-state index in [1.54, 1.807) is 11.6 Å². The van der Waals surface area contributed by atoms with Gasteiger partial charge in [0, 0.05) is 4.47 Å². The summed E-state index contributed by atoms with van der Waals surface area (Å²) < 4.78 is 13.3. The molecule has 2 aromatic rings. The van der Waals surface area contributed by atoms with E-state index in [4.69, 9.17) is 16.0 Å². The number of halogens is 1. The van der Waals surface area contributed by atoms with Gasteiger partial charge in [0.25, 0.3) is 0 Å². The minimum atomic E-state index is -0.566. The highest BCUT2D eigenvalue weighted by Gasteiger charge is 2.32. The highest BCUT2D eigenvalue weighted by atomic mass is 79.9. The Morgan fingerprint density at radius 1 is 1.44 bits per heavy atom. The number of carbonyl (C=O) groups is 1. The Kier molecular flexibility index (Phi) is 6.26. The summed E-state index contributed by atoms with van der Waals surface area (Å²) in [5.74, 6) is -0.566. The molecule has 142 valence electrons. The summed E-state index contributed by atoms with van der Waals surface area (Å²) in [7, 11) is 0. The van der Waals surface area contributed by atoms with E-state index in [1.807, 2.05) is 24.3 Å². The normalized spacial score (nSPS) is 19.5. The molecule has 1 aliphatic rings. The quantitative estimate of drug-likeness (QED) is 0.573. The van der Waals surface area contributed by atoms with Crippen LogP contribution in [0.5, 0.6) is 0 Å². The highest BCUT2D eigenvalue weighted by molar-refractivity contribution is 9.10. The van der Waals surface area contributed by atoms with Crippen molar-refractivity contribution in [3.63, 3.8) is 0 Å². The number of aliphatic hydroxyl groups excluding tert-OH is 1. The predicted molar refractivity (Wildman–Crippen MR) is 103 cm³/mol. The molecule has 27 heavy (non-hydrogen) atoms. The summed E-state index contributed by atoms with van der Waals surface area (Å²) >= 11 is 3.39. The molecule has 1 aromatic carbocycles. The zero-order valence-corrected chi connectivity index (χ0v) is 16.5. The van der Waals surface area contributed by atoms with E-state index >= 15 is 0 Å². The summed E-state index contributed by atoms with van der Waals surface area (Å²) in [5.41, 5.74) is 1.53. The van der Waals surface area contributed by atoms with Gasteiger partial charge in [-0.05, 0) is 37.5 Å². The SMILES string of the molecule is [C-]#[N+]c1c(-c2ccc(Br)cc2)nn(C2CCC(CO)OC2)c1C(=O)OCC. The molecule has 0 saturated carbocycles. The molecule has 1 fully saturated rings. The molecule has 0 radical (unpaired) electrons. The Morgan fingerprint density at radius 3 is 2.74 bits per heavy atom. The molecule has 3 rings (SSSR count). The Labute approximate surface area is 165 Å². The monoisotopic (exact) mass is 433 g/mol.